The van der Waals surface area contributed by atoms with Crippen LogP contribution in [0.3, 0.4) is 0 Å². The predicted molar refractivity (Wildman–Crippen MR) is 111 cm³/mol. The lowest BCUT2D eigenvalue weighted by molar-refractivity contribution is -0.139. The third kappa shape index (κ3) is 3.38. The molecule has 2 N–H and O–H groups in total. The van der Waals surface area contributed by atoms with Crippen LogP contribution in [0.25, 0.3) is 0 Å². The lowest BCUT2D eigenvalue weighted by Crippen LogP contribution is -2.51. The molecule has 2 amide bonds. The van der Waals surface area contributed by atoms with Crippen LogP contribution in [0.15, 0.2) is 54.6 Å². The number of amides is 2. The number of benzene rings is 2. The van der Waals surface area contributed by atoms with E-state index in [0.717, 1.165) is 23.2 Å². The monoisotopic (exact) mass is 393 g/mol. The van der Waals surface area contributed by atoms with Crippen molar-refractivity contribution in [2.75, 3.05) is 11.9 Å². The fourth-order valence-electron chi connectivity index (χ4n) is 4.46. The van der Waals surface area contributed by atoms with Gasteiger partial charge < -0.3 is 20.3 Å². The van der Waals surface area contributed by atoms with Crippen molar-refractivity contribution in [3.63, 3.8) is 0 Å². The van der Waals surface area contributed by atoms with Gasteiger partial charge in [-0.1, -0.05) is 55.5 Å². The van der Waals surface area contributed by atoms with E-state index >= 15 is 0 Å². The van der Waals surface area contributed by atoms with E-state index < -0.39 is 17.8 Å². The van der Waals surface area contributed by atoms with Gasteiger partial charge in [-0.05, 0) is 18.1 Å². The van der Waals surface area contributed by atoms with Crippen LogP contribution in [-0.2, 0) is 26.5 Å². The number of hydrogen-bond acceptors (Lipinski definition) is 4. The Labute approximate surface area is 171 Å². The molecule has 0 aromatic heterocycles. The summed E-state index contributed by atoms with van der Waals surface area (Å²) in [6.07, 6.45) is 0.848. The fraction of sp³-hybridized carbons (Fsp3) is 0.391. The van der Waals surface area contributed by atoms with Gasteiger partial charge in [0.25, 0.3) is 0 Å². The zero-order chi connectivity index (χ0) is 20.4. The number of nitrogens with one attached hydrogen (secondary N) is 2. The molecule has 0 spiro atoms. The molecule has 1 saturated heterocycles. The highest BCUT2D eigenvalue weighted by Gasteiger charge is 2.61. The SMILES string of the molecule is CCCNC(=O)[C@H]1C[C@]2(OCc3ccccc3)c3ccccc3N[C@H]2N1C(C)=O. The van der Waals surface area contributed by atoms with E-state index in [2.05, 4.69) is 10.6 Å². The molecule has 2 heterocycles. The minimum Gasteiger partial charge on any atom is -0.362 e. The summed E-state index contributed by atoms with van der Waals surface area (Å²) < 4.78 is 6.56. The highest BCUT2D eigenvalue weighted by atomic mass is 16.5. The van der Waals surface area contributed by atoms with Crippen molar-refractivity contribution in [2.24, 2.45) is 0 Å². The molecular weight excluding hydrogens is 366 g/mol. The van der Waals surface area contributed by atoms with Gasteiger partial charge in [0.15, 0.2) is 0 Å². The van der Waals surface area contributed by atoms with Crippen molar-refractivity contribution in [1.29, 1.82) is 0 Å². The average Bonchev–Trinajstić information content (AvgIpc) is 3.22. The molecule has 0 saturated carbocycles. The van der Waals surface area contributed by atoms with Crippen LogP contribution in [0.5, 0.6) is 0 Å². The molecule has 1 fully saturated rings. The van der Waals surface area contributed by atoms with Gasteiger partial charge in [-0.3, -0.25) is 9.59 Å². The van der Waals surface area contributed by atoms with E-state index in [1.54, 1.807) is 4.90 Å². The number of ether oxygens (including phenoxy) is 1. The molecule has 2 aromatic rings. The Morgan fingerprint density at radius 2 is 1.90 bits per heavy atom. The van der Waals surface area contributed by atoms with E-state index in [1.807, 2.05) is 61.5 Å². The fourth-order valence-corrected chi connectivity index (χ4v) is 4.46. The largest absolute Gasteiger partial charge is 0.362 e. The highest BCUT2D eigenvalue weighted by Crippen LogP contribution is 2.52. The summed E-state index contributed by atoms with van der Waals surface area (Å²) in [6.45, 7) is 4.52. The maximum atomic E-state index is 12.9. The Morgan fingerprint density at radius 3 is 2.62 bits per heavy atom. The van der Waals surface area contributed by atoms with Crippen molar-refractivity contribution < 1.29 is 14.3 Å². The van der Waals surface area contributed by atoms with E-state index in [4.69, 9.17) is 4.74 Å². The summed E-state index contributed by atoms with van der Waals surface area (Å²) in [5.74, 6) is -0.268. The van der Waals surface area contributed by atoms with Gasteiger partial charge in [-0.2, -0.15) is 0 Å². The molecule has 2 aliphatic heterocycles. The first-order valence-electron chi connectivity index (χ1n) is 10.2. The molecule has 0 unspecified atom stereocenters. The maximum absolute atomic E-state index is 12.9. The number of rotatable bonds is 6. The van der Waals surface area contributed by atoms with Crippen LogP contribution in [0.2, 0.25) is 0 Å². The summed E-state index contributed by atoms with van der Waals surface area (Å²) in [5.41, 5.74) is 2.23. The van der Waals surface area contributed by atoms with Gasteiger partial charge in [0.1, 0.15) is 17.8 Å². The summed E-state index contributed by atoms with van der Waals surface area (Å²) in [5, 5.41) is 6.39. The molecule has 0 bridgehead atoms. The number of fused-ring (bicyclic) bond motifs is 3. The standard InChI is InChI=1S/C23H27N3O3/c1-3-13-24-21(28)20-14-23(29-15-17-9-5-4-6-10-17)18-11-7-8-12-19(18)25-22(23)26(20)16(2)27/h4-12,20,22,25H,3,13-15H2,1-2H3,(H,24,28)/t20-,22+,23+/m1/s1. The molecule has 4 rings (SSSR count). The molecule has 152 valence electrons. The predicted octanol–water partition coefficient (Wildman–Crippen LogP) is 3.00. The lowest BCUT2D eigenvalue weighted by atomic mass is 9.90. The minimum absolute atomic E-state index is 0.126. The third-order valence-corrected chi connectivity index (χ3v) is 5.78. The number of anilines is 1. The Balaban J connectivity index is 1.70. The zero-order valence-corrected chi connectivity index (χ0v) is 16.9. The Bertz CT molecular complexity index is 901. The van der Waals surface area contributed by atoms with Crippen LogP contribution >= 0.6 is 0 Å². The van der Waals surface area contributed by atoms with Crippen molar-refractivity contribution in [3.05, 3.63) is 65.7 Å². The molecular formula is C23H27N3O3. The zero-order valence-electron chi connectivity index (χ0n) is 16.9. The van der Waals surface area contributed by atoms with Crippen molar-refractivity contribution in [3.8, 4) is 0 Å². The molecule has 6 nitrogen and oxygen atoms in total. The topological polar surface area (TPSA) is 70.7 Å². The molecule has 2 aromatic carbocycles. The first-order valence-corrected chi connectivity index (χ1v) is 10.2. The molecule has 2 aliphatic rings. The first-order chi connectivity index (χ1) is 14.1. The van der Waals surface area contributed by atoms with E-state index in [1.165, 1.54) is 6.92 Å². The first kappa shape index (κ1) is 19.5. The Morgan fingerprint density at radius 1 is 1.17 bits per heavy atom. The second kappa shape index (κ2) is 7.87. The van der Waals surface area contributed by atoms with Crippen LogP contribution in [0.1, 0.15) is 37.8 Å². The van der Waals surface area contributed by atoms with Crippen LogP contribution in [-0.4, -0.2) is 35.5 Å². The molecule has 29 heavy (non-hydrogen) atoms. The van der Waals surface area contributed by atoms with E-state index in [0.29, 0.717) is 19.6 Å². The Kier molecular flexibility index (Phi) is 5.28. The molecule has 3 atom stereocenters. The van der Waals surface area contributed by atoms with Gasteiger partial charge in [-0.25, -0.2) is 0 Å². The minimum atomic E-state index is -0.772. The number of hydrogen-bond donors (Lipinski definition) is 2. The van der Waals surface area contributed by atoms with Crippen LogP contribution in [0, 0.1) is 0 Å². The maximum Gasteiger partial charge on any atom is 0.243 e. The Hall–Kier alpha value is -2.86. The van der Waals surface area contributed by atoms with E-state index in [9.17, 15) is 9.59 Å². The number of nitrogens with zero attached hydrogens (tertiary/aromatic N) is 1. The number of carbonyl (C=O) groups excluding carboxylic acids is 2. The number of carbonyl (C=O) groups is 2. The van der Waals surface area contributed by atoms with E-state index in [-0.39, 0.29) is 11.8 Å². The van der Waals surface area contributed by atoms with Crippen molar-refractivity contribution in [1.82, 2.24) is 10.2 Å². The molecule has 0 aliphatic carbocycles. The summed E-state index contributed by atoms with van der Waals surface area (Å²) in [7, 11) is 0. The second-order valence-corrected chi connectivity index (χ2v) is 7.69. The van der Waals surface area contributed by atoms with Gasteiger partial charge in [0.2, 0.25) is 11.8 Å². The van der Waals surface area contributed by atoms with Gasteiger partial charge in [0, 0.05) is 31.1 Å². The van der Waals surface area contributed by atoms with Crippen LogP contribution < -0.4 is 10.6 Å². The molecule has 6 heteroatoms. The van der Waals surface area contributed by atoms with Crippen molar-refractivity contribution >= 4 is 17.5 Å². The molecule has 0 radical (unpaired) electrons. The smallest absolute Gasteiger partial charge is 0.243 e. The third-order valence-electron chi connectivity index (χ3n) is 5.78. The lowest BCUT2D eigenvalue weighted by Gasteiger charge is -2.32. The number of para-hydroxylation sites is 1. The van der Waals surface area contributed by atoms with Crippen molar-refractivity contribution in [2.45, 2.75) is 51.1 Å². The summed E-state index contributed by atoms with van der Waals surface area (Å²) in [4.78, 5) is 27.1. The average molecular weight is 393 g/mol. The normalized spacial score (nSPS) is 24.6. The number of likely N-dealkylation sites (tertiary alicyclic amines) is 1. The van der Waals surface area contributed by atoms with Gasteiger partial charge in [0.05, 0.1) is 6.61 Å². The van der Waals surface area contributed by atoms with Gasteiger partial charge in [-0.15, -0.1) is 0 Å². The van der Waals surface area contributed by atoms with Crippen LogP contribution in [0.4, 0.5) is 5.69 Å². The second-order valence-electron chi connectivity index (χ2n) is 7.69. The highest BCUT2D eigenvalue weighted by molar-refractivity contribution is 5.89. The quantitative estimate of drug-likeness (QED) is 0.792. The summed E-state index contributed by atoms with van der Waals surface area (Å²) >= 11 is 0. The summed E-state index contributed by atoms with van der Waals surface area (Å²) in [6, 6.07) is 17.3. The van der Waals surface area contributed by atoms with Gasteiger partial charge >= 0.3 is 0 Å².